The summed E-state index contributed by atoms with van der Waals surface area (Å²) in [5.41, 5.74) is 0.413. The summed E-state index contributed by atoms with van der Waals surface area (Å²) in [7, 11) is 0. The minimum atomic E-state index is 0.0438. The summed E-state index contributed by atoms with van der Waals surface area (Å²) in [6.07, 6.45) is 3.82. The Hall–Kier alpha value is -0.570. The van der Waals surface area contributed by atoms with Crippen LogP contribution in [0.3, 0.4) is 0 Å². The highest BCUT2D eigenvalue weighted by Gasteiger charge is 2.45. The van der Waals surface area contributed by atoms with Crippen molar-refractivity contribution in [3.8, 4) is 0 Å². The summed E-state index contributed by atoms with van der Waals surface area (Å²) in [5.74, 6) is 0.752. The van der Waals surface area contributed by atoms with Gasteiger partial charge in [-0.3, -0.25) is 10.1 Å². The van der Waals surface area contributed by atoms with Crippen LogP contribution >= 0.6 is 0 Å². The Bertz CT molecular complexity index is 286. The second-order valence-electron chi connectivity index (χ2n) is 5.98. The van der Waals surface area contributed by atoms with Crippen molar-refractivity contribution in [3.05, 3.63) is 0 Å². The predicted molar refractivity (Wildman–Crippen MR) is 64.9 cm³/mol. The highest BCUT2D eigenvalue weighted by atomic mass is 16.2. The first-order valence-electron chi connectivity index (χ1n) is 6.53. The molecule has 2 aliphatic rings. The number of nitrogens with zero attached hydrogens (tertiary/aromatic N) is 1. The van der Waals surface area contributed by atoms with Gasteiger partial charge in [0.15, 0.2) is 0 Å². The molecule has 2 fully saturated rings. The van der Waals surface area contributed by atoms with Gasteiger partial charge in [-0.05, 0) is 31.1 Å². The number of carbonyl (C=O) groups is 1. The first kappa shape index (κ1) is 11.9. The highest BCUT2D eigenvalue weighted by Crippen LogP contribution is 2.46. The van der Waals surface area contributed by atoms with Crippen molar-refractivity contribution < 1.29 is 4.79 Å². The zero-order valence-corrected chi connectivity index (χ0v) is 10.9. The fraction of sp³-hybridized carbons (Fsp3) is 0.923. The summed E-state index contributed by atoms with van der Waals surface area (Å²) in [5, 5.41) is 3.43. The molecule has 0 radical (unpaired) electrons. The van der Waals surface area contributed by atoms with E-state index in [1.165, 1.54) is 12.8 Å². The molecular formula is C13H24N2O. The van der Waals surface area contributed by atoms with Gasteiger partial charge in [0.2, 0.25) is 5.91 Å². The molecule has 1 amide bonds. The summed E-state index contributed by atoms with van der Waals surface area (Å²) in [6.45, 7) is 9.63. The maximum Gasteiger partial charge on any atom is 0.241 e. The number of carbonyl (C=O) groups excluding carboxylic acids is 1. The number of nitrogens with one attached hydrogen (secondary N) is 1. The number of hydrogen-bond donors (Lipinski definition) is 1. The molecule has 1 saturated carbocycles. The van der Waals surface area contributed by atoms with E-state index in [9.17, 15) is 4.79 Å². The van der Waals surface area contributed by atoms with E-state index < -0.39 is 0 Å². The van der Waals surface area contributed by atoms with Crippen LogP contribution in [0.5, 0.6) is 0 Å². The van der Waals surface area contributed by atoms with Crippen LogP contribution in [-0.2, 0) is 4.79 Å². The molecule has 3 heteroatoms. The summed E-state index contributed by atoms with van der Waals surface area (Å²) in [6, 6.07) is 0.0438. The second-order valence-corrected chi connectivity index (χ2v) is 5.98. The van der Waals surface area contributed by atoms with E-state index >= 15 is 0 Å². The van der Waals surface area contributed by atoms with Crippen LogP contribution in [-0.4, -0.2) is 29.6 Å². The molecule has 0 bridgehead atoms. The third-order valence-corrected chi connectivity index (χ3v) is 4.31. The zero-order valence-electron chi connectivity index (χ0n) is 10.9. The minimum Gasteiger partial charge on any atom is -0.326 e. The van der Waals surface area contributed by atoms with Crippen LogP contribution in [0.25, 0.3) is 0 Å². The van der Waals surface area contributed by atoms with Crippen molar-refractivity contribution in [2.75, 3.05) is 6.54 Å². The lowest BCUT2D eigenvalue weighted by Gasteiger charge is -2.24. The smallest absolute Gasteiger partial charge is 0.241 e. The number of rotatable bonds is 4. The van der Waals surface area contributed by atoms with E-state index in [1.54, 1.807) is 0 Å². The van der Waals surface area contributed by atoms with Gasteiger partial charge in [0.05, 0.1) is 12.2 Å². The SMILES string of the molecule is CCC(C)C1NC(C)N(CC2(C)CC2)C1=O. The average molecular weight is 224 g/mol. The molecule has 1 saturated heterocycles. The zero-order chi connectivity index (χ0) is 11.9. The molecule has 3 nitrogen and oxygen atoms in total. The Morgan fingerprint density at radius 3 is 2.69 bits per heavy atom. The largest absolute Gasteiger partial charge is 0.326 e. The standard InChI is InChI=1S/C13H24N2O/c1-5-9(2)11-12(16)15(10(3)14-11)8-13(4)6-7-13/h9-11,14H,5-8H2,1-4H3. The maximum absolute atomic E-state index is 12.3. The Kier molecular flexibility index (Phi) is 2.99. The van der Waals surface area contributed by atoms with Gasteiger partial charge in [0, 0.05) is 6.54 Å². The van der Waals surface area contributed by atoms with Crippen molar-refractivity contribution in [1.82, 2.24) is 10.2 Å². The van der Waals surface area contributed by atoms with Crippen molar-refractivity contribution >= 4 is 5.91 Å². The highest BCUT2D eigenvalue weighted by molar-refractivity contribution is 5.84. The van der Waals surface area contributed by atoms with E-state index in [4.69, 9.17) is 0 Å². The Balaban J connectivity index is 2.01. The molecular weight excluding hydrogens is 200 g/mol. The van der Waals surface area contributed by atoms with Gasteiger partial charge >= 0.3 is 0 Å². The van der Waals surface area contributed by atoms with Crippen molar-refractivity contribution in [3.63, 3.8) is 0 Å². The average Bonchev–Trinajstić information content (AvgIpc) is 2.92. The first-order valence-corrected chi connectivity index (χ1v) is 6.53. The van der Waals surface area contributed by atoms with Crippen LogP contribution < -0.4 is 5.32 Å². The van der Waals surface area contributed by atoms with E-state index in [-0.39, 0.29) is 12.2 Å². The van der Waals surface area contributed by atoms with Gasteiger partial charge in [-0.1, -0.05) is 27.2 Å². The Morgan fingerprint density at radius 2 is 2.19 bits per heavy atom. The molecule has 1 N–H and O–H groups in total. The fourth-order valence-electron chi connectivity index (χ4n) is 2.43. The van der Waals surface area contributed by atoms with E-state index in [1.807, 2.05) is 4.90 Å². The van der Waals surface area contributed by atoms with Crippen molar-refractivity contribution in [1.29, 1.82) is 0 Å². The third-order valence-electron chi connectivity index (χ3n) is 4.31. The molecule has 0 aromatic rings. The Morgan fingerprint density at radius 1 is 1.56 bits per heavy atom. The summed E-state index contributed by atoms with van der Waals surface area (Å²) in [4.78, 5) is 14.3. The number of amides is 1. The van der Waals surface area contributed by atoms with Crippen LogP contribution in [0.2, 0.25) is 0 Å². The van der Waals surface area contributed by atoms with Crippen LogP contribution in [0.1, 0.15) is 47.0 Å². The van der Waals surface area contributed by atoms with Gasteiger partial charge in [-0.2, -0.15) is 0 Å². The van der Waals surface area contributed by atoms with Gasteiger partial charge in [-0.15, -0.1) is 0 Å². The van der Waals surface area contributed by atoms with Gasteiger partial charge in [-0.25, -0.2) is 0 Å². The quantitative estimate of drug-likeness (QED) is 0.792. The van der Waals surface area contributed by atoms with Crippen LogP contribution in [0.15, 0.2) is 0 Å². The molecule has 1 aliphatic carbocycles. The molecule has 1 aliphatic heterocycles. The lowest BCUT2D eigenvalue weighted by Crippen LogP contribution is -2.38. The van der Waals surface area contributed by atoms with Crippen LogP contribution in [0, 0.1) is 11.3 Å². The van der Waals surface area contributed by atoms with Gasteiger partial charge < -0.3 is 4.90 Å². The lowest BCUT2D eigenvalue weighted by molar-refractivity contribution is -0.131. The first-order chi connectivity index (χ1) is 7.47. The maximum atomic E-state index is 12.3. The monoisotopic (exact) mass is 224 g/mol. The van der Waals surface area contributed by atoms with E-state index in [0.29, 0.717) is 17.2 Å². The molecule has 2 rings (SSSR count). The molecule has 1 heterocycles. The third kappa shape index (κ3) is 2.10. The fourth-order valence-corrected chi connectivity index (χ4v) is 2.43. The van der Waals surface area contributed by atoms with Gasteiger partial charge in [0.1, 0.15) is 0 Å². The van der Waals surface area contributed by atoms with Crippen molar-refractivity contribution in [2.45, 2.75) is 59.2 Å². The second kappa shape index (κ2) is 4.02. The van der Waals surface area contributed by atoms with Gasteiger partial charge in [0.25, 0.3) is 0 Å². The molecule has 0 spiro atoms. The number of hydrogen-bond acceptors (Lipinski definition) is 2. The molecule has 3 atom stereocenters. The normalized spacial score (nSPS) is 34.2. The molecule has 92 valence electrons. The Labute approximate surface area is 98.6 Å². The van der Waals surface area contributed by atoms with E-state index in [2.05, 4.69) is 33.0 Å². The van der Waals surface area contributed by atoms with E-state index in [0.717, 1.165) is 13.0 Å². The van der Waals surface area contributed by atoms with Crippen LogP contribution in [0.4, 0.5) is 0 Å². The summed E-state index contributed by atoms with van der Waals surface area (Å²) >= 11 is 0. The molecule has 0 aromatic carbocycles. The summed E-state index contributed by atoms with van der Waals surface area (Å²) < 4.78 is 0. The molecule has 3 unspecified atom stereocenters. The topological polar surface area (TPSA) is 32.3 Å². The lowest BCUT2D eigenvalue weighted by atomic mass is 9.99. The predicted octanol–water partition coefficient (Wildman–Crippen LogP) is 1.98. The molecule has 16 heavy (non-hydrogen) atoms. The minimum absolute atomic E-state index is 0.0438. The molecule has 0 aromatic heterocycles. The van der Waals surface area contributed by atoms with Crippen molar-refractivity contribution in [2.24, 2.45) is 11.3 Å².